The molecule has 0 saturated heterocycles. The second kappa shape index (κ2) is 8.25. The summed E-state index contributed by atoms with van der Waals surface area (Å²) in [5.74, 6) is 0. The summed E-state index contributed by atoms with van der Waals surface area (Å²) >= 11 is 0. The second-order valence-electron chi connectivity index (χ2n) is 4.92. The van der Waals surface area contributed by atoms with Crippen LogP contribution in [0.5, 0.6) is 0 Å². The molecule has 0 bridgehead atoms. The van der Waals surface area contributed by atoms with E-state index in [2.05, 4.69) is 10.3 Å². The molecule has 1 unspecified atom stereocenters. The molecule has 1 rings (SSSR count). The Morgan fingerprint density at radius 2 is 2.05 bits per heavy atom. The van der Waals surface area contributed by atoms with E-state index in [1.807, 2.05) is 26.0 Å². The van der Waals surface area contributed by atoms with Crippen molar-refractivity contribution in [1.82, 2.24) is 10.3 Å². The van der Waals surface area contributed by atoms with Crippen molar-refractivity contribution in [2.24, 2.45) is 0 Å². The zero-order chi connectivity index (χ0) is 15.0. The van der Waals surface area contributed by atoms with Crippen molar-refractivity contribution in [3.63, 3.8) is 0 Å². The first-order chi connectivity index (χ1) is 9.48. The molecular weight excluding hydrogens is 265 g/mol. The lowest BCUT2D eigenvalue weighted by molar-refractivity contribution is -0.135. The molecule has 1 aromatic heterocycles. The smallest absolute Gasteiger partial charge is 0.309 e. The molecule has 1 N–H and O–H groups in total. The SMILES string of the molecule is CCCNC(CCCC(F)(F)F)c1ncccc1CC. The quantitative estimate of drug-likeness (QED) is 0.766. The third-order valence-corrected chi connectivity index (χ3v) is 3.23. The normalized spacial score (nSPS) is 13.4. The van der Waals surface area contributed by atoms with E-state index < -0.39 is 12.6 Å². The minimum Gasteiger partial charge on any atom is -0.309 e. The number of aryl methyl sites for hydroxylation is 1. The average molecular weight is 288 g/mol. The molecule has 20 heavy (non-hydrogen) atoms. The Morgan fingerprint density at radius 1 is 1.30 bits per heavy atom. The first kappa shape index (κ1) is 17.0. The molecule has 1 atom stereocenters. The molecule has 0 aliphatic carbocycles. The highest BCUT2D eigenvalue weighted by atomic mass is 19.4. The van der Waals surface area contributed by atoms with E-state index in [1.54, 1.807) is 6.20 Å². The summed E-state index contributed by atoms with van der Waals surface area (Å²) in [5, 5.41) is 3.32. The molecule has 0 amide bonds. The lowest BCUT2D eigenvalue weighted by Crippen LogP contribution is -2.24. The summed E-state index contributed by atoms with van der Waals surface area (Å²) in [7, 11) is 0. The number of halogens is 3. The molecule has 114 valence electrons. The minimum atomic E-state index is -4.08. The van der Waals surface area contributed by atoms with Gasteiger partial charge in [-0.2, -0.15) is 13.2 Å². The highest BCUT2D eigenvalue weighted by molar-refractivity contribution is 5.22. The summed E-state index contributed by atoms with van der Waals surface area (Å²) in [4.78, 5) is 4.37. The fourth-order valence-electron chi connectivity index (χ4n) is 2.22. The van der Waals surface area contributed by atoms with Crippen LogP contribution < -0.4 is 5.32 Å². The molecule has 5 heteroatoms. The molecule has 0 spiro atoms. The van der Waals surface area contributed by atoms with Crippen molar-refractivity contribution in [3.05, 3.63) is 29.6 Å². The van der Waals surface area contributed by atoms with Gasteiger partial charge in [-0.25, -0.2) is 0 Å². The largest absolute Gasteiger partial charge is 0.389 e. The number of hydrogen-bond donors (Lipinski definition) is 1. The van der Waals surface area contributed by atoms with Crippen molar-refractivity contribution < 1.29 is 13.2 Å². The molecule has 0 fully saturated rings. The highest BCUT2D eigenvalue weighted by Crippen LogP contribution is 2.27. The Labute approximate surface area is 118 Å². The summed E-state index contributed by atoms with van der Waals surface area (Å²) in [5.41, 5.74) is 2.00. The van der Waals surface area contributed by atoms with Crippen LogP contribution in [0.1, 0.15) is 56.8 Å². The van der Waals surface area contributed by atoms with Gasteiger partial charge in [-0.15, -0.1) is 0 Å². The standard InChI is InChI=1S/C15H23F3N2/c1-3-10-19-13(8-5-9-15(16,17)18)14-12(4-2)7-6-11-20-14/h6-7,11,13,19H,3-5,8-10H2,1-2H3. The fraction of sp³-hybridized carbons (Fsp3) is 0.667. The maximum absolute atomic E-state index is 12.3. The van der Waals surface area contributed by atoms with Gasteiger partial charge in [0.2, 0.25) is 0 Å². The van der Waals surface area contributed by atoms with Gasteiger partial charge in [0.05, 0.1) is 5.69 Å². The average Bonchev–Trinajstić information content (AvgIpc) is 2.41. The van der Waals surface area contributed by atoms with E-state index in [9.17, 15) is 13.2 Å². The van der Waals surface area contributed by atoms with Crippen molar-refractivity contribution in [2.75, 3.05) is 6.54 Å². The fourth-order valence-corrected chi connectivity index (χ4v) is 2.22. The number of alkyl halides is 3. The van der Waals surface area contributed by atoms with E-state index in [4.69, 9.17) is 0 Å². The topological polar surface area (TPSA) is 24.9 Å². The van der Waals surface area contributed by atoms with Crippen molar-refractivity contribution in [1.29, 1.82) is 0 Å². The van der Waals surface area contributed by atoms with Crippen molar-refractivity contribution in [3.8, 4) is 0 Å². The molecule has 0 aliphatic heterocycles. The van der Waals surface area contributed by atoms with Crippen LogP contribution in [0.2, 0.25) is 0 Å². The van der Waals surface area contributed by atoms with Crippen molar-refractivity contribution in [2.45, 2.75) is 58.2 Å². The van der Waals surface area contributed by atoms with Gasteiger partial charge in [0.15, 0.2) is 0 Å². The predicted octanol–water partition coefficient (Wildman–Crippen LogP) is 4.42. The van der Waals surface area contributed by atoms with Crippen molar-refractivity contribution >= 4 is 0 Å². The van der Waals surface area contributed by atoms with Crippen LogP contribution in [0, 0.1) is 0 Å². The monoisotopic (exact) mass is 288 g/mol. The van der Waals surface area contributed by atoms with Gasteiger partial charge < -0.3 is 5.32 Å². The third kappa shape index (κ3) is 5.90. The summed E-state index contributed by atoms with van der Waals surface area (Å²) in [6.07, 6.45) is -0.720. The van der Waals surface area contributed by atoms with E-state index in [1.165, 1.54) is 0 Å². The summed E-state index contributed by atoms with van der Waals surface area (Å²) < 4.78 is 36.8. The van der Waals surface area contributed by atoms with Crippen LogP contribution in [-0.2, 0) is 6.42 Å². The number of rotatable bonds is 8. The second-order valence-corrected chi connectivity index (χ2v) is 4.92. The molecule has 1 heterocycles. The van der Waals surface area contributed by atoms with Crippen LogP contribution in [0.3, 0.4) is 0 Å². The van der Waals surface area contributed by atoms with Gasteiger partial charge >= 0.3 is 6.18 Å². The lowest BCUT2D eigenvalue weighted by atomic mass is 10.00. The van der Waals surface area contributed by atoms with Gasteiger partial charge in [0.25, 0.3) is 0 Å². The van der Waals surface area contributed by atoms with Crippen LogP contribution in [0.4, 0.5) is 13.2 Å². The molecule has 0 radical (unpaired) electrons. The highest BCUT2D eigenvalue weighted by Gasteiger charge is 2.27. The molecule has 0 aromatic carbocycles. The Morgan fingerprint density at radius 3 is 2.65 bits per heavy atom. The zero-order valence-electron chi connectivity index (χ0n) is 12.1. The summed E-state index contributed by atoms with van der Waals surface area (Å²) in [6.45, 7) is 4.86. The number of hydrogen-bond acceptors (Lipinski definition) is 2. The first-order valence-electron chi connectivity index (χ1n) is 7.21. The van der Waals surface area contributed by atoms with Gasteiger partial charge in [-0.05, 0) is 43.9 Å². The van der Waals surface area contributed by atoms with Crippen LogP contribution in [0.15, 0.2) is 18.3 Å². The van der Waals surface area contributed by atoms with E-state index in [0.29, 0.717) is 6.42 Å². The van der Waals surface area contributed by atoms with E-state index >= 15 is 0 Å². The van der Waals surface area contributed by atoms with Crippen LogP contribution in [-0.4, -0.2) is 17.7 Å². The number of nitrogens with one attached hydrogen (secondary N) is 1. The predicted molar refractivity (Wildman–Crippen MR) is 74.6 cm³/mol. The van der Waals surface area contributed by atoms with Crippen LogP contribution in [0.25, 0.3) is 0 Å². The minimum absolute atomic E-state index is 0.0894. The van der Waals surface area contributed by atoms with Gasteiger partial charge in [-0.3, -0.25) is 4.98 Å². The van der Waals surface area contributed by atoms with Gasteiger partial charge in [-0.1, -0.05) is 19.9 Å². The molecule has 0 aliphatic rings. The first-order valence-corrected chi connectivity index (χ1v) is 7.21. The van der Waals surface area contributed by atoms with E-state index in [-0.39, 0.29) is 12.5 Å². The van der Waals surface area contributed by atoms with Gasteiger partial charge in [0.1, 0.15) is 0 Å². The molecule has 2 nitrogen and oxygen atoms in total. The molecule has 1 aromatic rings. The van der Waals surface area contributed by atoms with E-state index in [0.717, 1.165) is 30.6 Å². The van der Waals surface area contributed by atoms with Crippen LogP contribution >= 0.6 is 0 Å². The Hall–Kier alpha value is -1.10. The number of nitrogens with zero attached hydrogens (tertiary/aromatic N) is 1. The molecule has 0 saturated carbocycles. The number of aromatic nitrogens is 1. The third-order valence-electron chi connectivity index (χ3n) is 3.23. The Bertz CT molecular complexity index is 391. The number of pyridine rings is 1. The van der Waals surface area contributed by atoms with Gasteiger partial charge in [0, 0.05) is 18.7 Å². The Kier molecular flexibility index (Phi) is 6.99. The maximum atomic E-state index is 12.3. The maximum Gasteiger partial charge on any atom is 0.389 e. The molecular formula is C15H23F3N2. The summed E-state index contributed by atoms with van der Waals surface area (Å²) in [6, 6.07) is 3.77. The Balaban J connectivity index is 2.72. The zero-order valence-corrected chi connectivity index (χ0v) is 12.1. The lowest BCUT2D eigenvalue weighted by Gasteiger charge is -2.20.